The van der Waals surface area contributed by atoms with Crippen LogP contribution < -0.4 is 10.6 Å². The van der Waals surface area contributed by atoms with Gasteiger partial charge in [0.1, 0.15) is 5.75 Å². The molecule has 132 valence electrons. The molecule has 2 amide bonds. The number of pyridine rings is 1. The summed E-state index contributed by atoms with van der Waals surface area (Å²) in [4.78, 5) is 27.7. The van der Waals surface area contributed by atoms with Crippen molar-refractivity contribution in [2.45, 2.75) is 45.4 Å². The lowest BCUT2D eigenvalue weighted by Crippen LogP contribution is -2.36. The number of rotatable bonds is 7. The van der Waals surface area contributed by atoms with Crippen molar-refractivity contribution >= 4 is 11.8 Å². The predicted molar refractivity (Wildman–Crippen MR) is 91.6 cm³/mol. The van der Waals surface area contributed by atoms with Crippen LogP contribution in [0.15, 0.2) is 18.3 Å². The smallest absolute Gasteiger partial charge is 0.273 e. The number of aromatic nitrogens is 1. The highest BCUT2D eigenvalue weighted by atomic mass is 16.3. The van der Waals surface area contributed by atoms with Gasteiger partial charge < -0.3 is 15.7 Å². The quantitative estimate of drug-likeness (QED) is 0.667. The molecule has 6 nitrogen and oxygen atoms in total. The van der Waals surface area contributed by atoms with E-state index in [2.05, 4.69) is 22.5 Å². The molecule has 0 saturated heterocycles. The number of aromatic hydroxyl groups is 1. The van der Waals surface area contributed by atoms with E-state index in [4.69, 9.17) is 0 Å². The number of carbonyl (C=O) groups is 2. The Labute approximate surface area is 143 Å². The number of hydrogen-bond donors (Lipinski definition) is 3. The zero-order chi connectivity index (χ0) is 17.4. The van der Waals surface area contributed by atoms with Crippen LogP contribution in [0.1, 0.15) is 55.9 Å². The Morgan fingerprint density at radius 1 is 1.25 bits per heavy atom. The van der Waals surface area contributed by atoms with E-state index in [0.717, 1.165) is 0 Å². The van der Waals surface area contributed by atoms with Gasteiger partial charge in [0.2, 0.25) is 5.91 Å². The fraction of sp³-hybridized carbons (Fsp3) is 0.611. The van der Waals surface area contributed by atoms with Crippen molar-refractivity contribution in [3.8, 4) is 5.75 Å². The molecule has 1 aromatic heterocycles. The monoisotopic (exact) mass is 333 g/mol. The maximum atomic E-state index is 12.0. The van der Waals surface area contributed by atoms with Crippen molar-refractivity contribution in [2.24, 2.45) is 11.8 Å². The number of nitrogens with one attached hydrogen (secondary N) is 2. The van der Waals surface area contributed by atoms with E-state index in [0.29, 0.717) is 31.3 Å². The van der Waals surface area contributed by atoms with Gasteiger partial charge in [-0.25, -0.2) is 4.98 Å². The summed E-state index contributed by atoms with van der Waals surface area (Å²) in [6, 6.07) is 2.97. The van der Waals surface area contributed by atoms with E-state index in [1.54, 1.807) is 6.07 Å². The second-order valence-corrected chi connectivity index (χ2v) is 6.56. The third kappa shape index (κ3) is 5.51. The Morgan fingerprint density at radius 2 is 1.96 bits per heavy atom. The highest BCUT2D eigenvalue weighted by molar-refractivity contribution is 5.94. The highest BCUT2D eigenvalue weighted by Crippen LogP contribution is 2.31. The third-order valence-corrected chi connectivity index (χ3v) is 4.70. The van der Waals surface area contributed by atoms with Gasteiger partial charge in [0.25, 0.3) is 5.91 Å². The lowest BCUT2D eigenvalue weighted by atomic mass is 9.79. The van der Waals surface area contributed by atoms with E-state index in [1.165, 1.54) is 44.4 Å². The second-order valence-electron chi connectivity index (χ2n) is 6.56. The average molecular weight is 333 g/mol. The van der Waals surface area contributed by atoms with Gasteiger partial charge in [-0.1, -0.05) is 39.0 Å². The molecule has 6 heteroatoms. The van der Waals surface area contributed by atoms with E-state index in [9.17, 15) is 14.7 Å². The van der Waals surface area contributed by atoms with Crippen LogP contribution >= 0.6 is 0 Å². The Bertz CT molecular complexity index is 556. The Hall–Kier alpha value is -2.11. The normalized spacial score (nSPS) is 16.4. The van der Waals surface area contributed by atoms with Crippen LogP contribution in [0.2, 0.25) is 0 Å². The first-order valence-electron chi connectivity index (χ1n) is 8.77. The third-order valence-electron chi connectivity index (χ3n) is 4.70. The van der Waals surface area contributed by atoms with Gasteiger partial charge in [-0.05, 0) is 24.0 Å². The topological polar surface area (TPSA) is 91.3 Å². The van der Waals surface area contributed by atoms with Gasteiger partial charge in [-0.15, -0.1) is 0 Å². The zero-order valence-corrected chi connectivity index (χ0v) is 14.3. The fourth-order valence-electron chi connectivity index (χ4n) is 3.27. The minimum Gasteiger partial charge on any atom is -0.505 e. The molecule has 0 bridgehead atoms. The zero-order valence-electron chi connectivity index (χ0n) is 14.3. The molecule has 2 rings (SSSR count). The van der Waals surface area contributed by atoms with Gasteiger partial charge in [0.15, 0.2) is 5.69 Å². The molecule has 24 heavy (non-hydrogen) atoms. The van der Waals surface area contributed by atoms with E-state index in [1.807, 2.05) is 0 Å². The summed E-state index contributed by atoms with van der Waals surface area (Å²) in [6.45, 7) is 2.83. The van der Waals surface area contributed by atoms with Crippen molar-refractivity contribution in [2.75, 3.05) is 13.1 Å². The van der Waals surface area contributed by atoms with Crippen molar-refractivity contribution in [3.05, 3.63) is 24.0 Å². The summed E-state index contributed by atoms with van der Waals surface area (Å²) in [5.74, 6) is 0.503. The molecule has 3 N–H and O–H groups in total. The van der Waals surface area contributed by atoms with Gasteiger partial charge >= 0.3 is 0 Å². The summed E-state index contributed by atoms with van der Waals surface area (Å²) in [5.41, 5.74) is -0.00486. The molecule has 1 aliphatic rings. The molecular formula is C18H27N3O3. The van der Waals surface area contributed by atoms with Crippen LogP contribution in [0.5, 0.6) is 5.75 Å². The molecule has 0 unspecified atom stereocenters. The minimum absolute atomic E-state index is 0.00486. The fourth-order valence-corrected chi connectivity index (χ4v) is 3.27. The van der Waals surface area contributed by atoms with Crippen molar-refractivity contribution in [3.63, 3.8) is 0 Å². The first-order valence-corrected chi connectivity index (χ1v) is 8.77. The molecule has 0 spiro atoms. The van der Waals surface area contributed by atoms with Crippen LogP contribution in [0, 0.1) is 11.8 Å². The van der Waals surface area contributed by atoms with Gasteiger partial charge in [0.05, 0.1) is 0 Å². The molecule has 1 saturated carbocycles. The molecular weight excluding hydrogens is 306 g/mol. The minimum atomic E-state index is -0.446. The van der Waals surface area contributed by atoms with Crippen molar-refractivity contribution in [1.82, 2.24) is 15.6 Å². The molecule has 1 aliphatic carbocycles. The lowest BCUT2D eigenvalue weighted by molar-refractivity contribution is -0.122. The van der Waals surface area contributed by atoms with Gasteiger partial charge in [0, 0.05) is 25.7 Å². The molecule has 1 atom stereocenters. The molecule has 0 aliphatic heterocycles. The van der Waals surface area contributed by atoms with E-state index < -0.39 is 5.91 Å². The molecule has 1 heterocycles. The van der Waals surface area contributed by atoms with Crippen LogP contribution in [0.3, 0.4) is 0 Å². The maximum Gasteiger partial charge on any atom is 0.273 e. The number of carbonyl (C=O) groups excluding carboxylic acids is 2. The van der Waals surface area contributed by atoms with Gasteiger partial charge in [-0.2, -0.15) is 0 Å². The Kier molecular flexibility index (Phi) is 7.03. The Morgan fingerprint density at radius 3 is 2.67 bits per heavy atom. The first kappa shape index (κ1) is 18.2. The number of nitrogens with zero attached hydrogens (tertiary/aromatic N) is 1. The number of amides is 2. The summed E-state index contributed by atoms with van der Waals surface area (Å²) >= 11 is 0. The number of hydrogen-bond acceptors (Lipinski definition) is 4. The lowest BCUT2D eigenvalue weighted by Gasteiger charge is -2.27. The van der Waals surface area contributed by atoms with Crippen molar-refractivity contribution in [1.29, 1.82) is 0 Å². The Balaban J connectivity index is 1.64. The molecule has 0 radical (unpaired) electrons. The standard InChI is InChI=1S/C18H27N3O3/c1-13(14-6-3-2-4-7-14)12-16(23)19-10-11-21-18(24)17-15(22)8-5-9-20-17/h5,8-9,13-14,22H,2-4,6-7,10-12H2,1H3,(H,19,23)(H,21,24)/t13-/m0/s1. The van der Waals surface area contributed by atoms with Crippen LogP contribution in [-0.2, 0) is 4.79 Å². The van der Waals surface area contributed by atoms with E-state index in [-0.39, 0.29) is 17.4 Å². The summed E-state index contributed by atoms with van der Waals surface area (Å²) in [6.07, 6.45) is 8.34. The molecule has 1 fully saturated rings. The summed E-state index contributed by atoms with van der Waals surface area (Å²) in [7, 11) is 0. The predicted octanol–water partition coefficient (Wildman–Crippen LogP) is 2.24. The highest BCUT2D eigenvalue weighted by Gasteiger charge is 2.22. The van der Waals surface area contributed by atoms with Crippen LogP contribution in [0.4, 0.5) is 0 Å². The van der Waals surface area contributed by atoms with E-state index >= 15 is 0 Å². The van der Waals surface area contributed by atoms with Gasteiger partial charge in [-0.3, -0.25) is 9.59 Å². The van der Waals surface area contributed by atoms with Crippen LogP contribution in [0.25, 0.3) is 0 Å². The average Bonchev–Trinajstić information content (AvgIpc) is 2.59. The maximum absolute atomic E-state index is 12.0. The first-order chi connectivity index (χ1) is 11.6. The summed E-state index contributed by atoms with van der Waals surface area (Å²) < 4.78 is 0. The van der Waals surface area contributed by atoms with Crippen molar-refractivity contribution < 1.29 is 14.7 Å². The largest absolute Gasteiger partial charge is 0.505 e. The summed E-state index contributed by atoms with van der Waals surface area (Å²) in [5, 5.41) is 15.0. The molecule has 0 aromatic carbocycles. The molecule has 1 aromatic rings. The second kappa shape index (κ2) is 9.25. The SMILES string of the molecule is C[C@@H](CC(=O)NCCNC(=O)c1ncccc1O)C1CCCCC1. The van der Waals surface area contributed by atoms with Crippen LogP contribution in [-0.4, -0.2) is 35.0 Å².